The average Bonchev–Trinajstić information content (AvgIpc) is 1.25. The quantitative estimate of drug-likeness (QED) is 0.403. The molecule has 0 heterocycles. The molecule has 0 rings (SSSR count). The van der Waals surface area contributed by atoms with E-state index < -0.39 is 14.6 Å². The van der Waals surface area contributed by atoms with Crippen LogP contribution in [0.2, 0.25) is 0 Å². The first-order valence-electron chi connectivity index (χ1n) is 1.41. The van der Waals surface area contributed by atoms with Gasteiger partial charge in [0.05, 0.1) is 0 Å². The van der Waals surface area contributed by atoms with Gasteiger partial charge in [0.2, 0.25) is 0 Å². The molecule has 11 heteroatoms. The van der Waals surface area contributed by atoms with Gasteiger partial charge >= 0.3 is 62.9 Å². The van der Waals surface area contributed by atoms with Crippen molar-refractivity contribution in [2.45, 2.75) is 0 Å². The summed E-state index contributed by atoms with van der Waals surface area (Å²) in [5.74, 6) is 0. The molecule has 6 nitrogen and oxygen atoms in total. The molecular weight excluding hydrogens is 277 g/mol. The van der Waals surface area contributed by atoms with Crippen LogP contribution in [0.5, 0.6) is 0 Å². The van der Waals surface area contributed by atoms with Gasteiger partial charge in [-0.1, -0.05) is 0 Å². The minimum absolute atomic E-state index is 0. The van der Waals surface area contributed by atoms with E-state index in [9.17, 15) is 0 Å². The molecule has 0 unspecified atom stereocenters. The molecule has 0 aliphatic rings. The topological polar surface area (TPSA) is 138 Å². The Morgan fingerprint density at radius 2 is 0.636 bits per heavy atom. The third-order valence-electron chi connectivity index (χ3n) is 0. The fourth-order valence-electron chi connectivity index (χ4n) is 0. The summed E-state index contributed by atoms with van der Waals surface area (Å²) in [6.45, 7) is 0. The van der Waals surface area contributed by atoms with Crippen LogP contribution in [-0.4, -0.2) is 25.6 Å². The Morgan fingerprint density at radius 3 is 0.636 bits per heavy atom. The Morgan fingerprint density at radius 1 is 0.636 bits per heavy atom. The fraction of sp³-hybridized carbons (Fsp3) is 0. The van der Waals surface area contributed by atoms with Crippen molar-refractivity contribution >= 4 is 25.6 Å². The summed E-state index contributed by atoms with van der Waals surface area (Å²) >= 11 is 0. The molecule has 0 aromatic heterocycles. The van der Waals surface area contributed by atoms with Crippen LogP contribution >= 0.6 is 0 Å². The summed E-state index contributed by atoms with van der Waals surface area (Å²) in [5, 5.41) is 50.5. The molecule has 0 aliphatic heterocycles. The maximum atomic E-state index is 8.42. The van der Waals surface area contributed by atoms with Crippen LogP contribution < -0.4 is 59.7 Å². The van der Waals surface area contributed by atoms with Gasteiger partial charge in [0.25, 0.3) is 0 Å². The first kappa shape index (κ1) is 29.3. The Kier molecular flexibility index (Phi) is 60.3. The number of hydrogen-bond donors (Lipinski definition) is 0. The Labute approximate surface area is 107 Å². The Bertz CT molecular complexity index is 36.1. The van der Waals surface area contributed by atoms with E-state index in [1.807, 2.05) is 0 Å². The number of rotatable bonds is 0. The summed E-state index contributed by atoms with van der Waals surface area (Å²) in [6, 6.07) is 0. The van der Waals surface area contributed by atoms with E-state index in [0.717, 1.165) is 0 Å². The Balaban J connectivity index is -0.0000000171. The Hall–Kier alpha value is 1.85. The van der Waals surface area contributed by atoms with E-state index >= 15 is 0 Å². The zero-order chi connectivity index (χ0) is 7.15. The molecule has 0 saturated carbocycles. The van der Waals surface area contributed by atoms with Gasteiger partial charge in [-0.25, -0.2) is 0 Å². The van der Waals surface area contributed by atoms with Gasteiger partial charge in [-0.2, -0.15) is 0 Å². The minimum Gasteiger partial charge on any atom is -0.907 e. The smallest absolute Gasteiger partial charge is 0.907 e. The van der Waals surface area contributed by atoms with Crippen molar-refractivity contribution in [3.63, 3.8) is 0 Å². The van der Waals surface area contributed by atoms with E-state index in [1.54, 1.807) is 0 Å². The van der Waals surface area contributed by atoms with Crippen LogP contribution in [0, 0.1) is 0 Å². The van der Waals surface area contributed by atoms with E-state index in [2.05, 4.69) is 0 Å². The molecule has 0 aliphatic carbocycles. The van der Waals surface area contributed by atoms with E-state index in [4.69, 9.17) is 30.1 Å². The van der Waals surface area contributed by atoms with Gasteiger partial charge in [0.1, 0.15) is 0 Å². The second-order valence-electron chi connectivity index (χ2n) is 0.577. The molecule has 0 N–H and O–H groups in total. The average molecular weight is 277 g/mol. The molecule has 0 amide bonds. The van der Waals surface area contributed by atoms with Gasteiger partial charge in [-0.3, -0.25) is 14.6 Å². The maximum Gasteiger partial charge on any atom is 4.00 e. The van der Waals surface area contributed by atoms with Crippen LogP contribution in [0.4, 0.5) is 0 Å². The fourth-order valence-corrected chi connectivity index (χ4v) is 0. The number of hydrogen-bond acceptors (Lipinski definition) is 6. The molecule has 0 atom stereocenters. The molecule has 58 valence electrons. The van der Waals surface area contributed by atoms with Crippen LogP contribution in [0.15, 0.2) is 0 Å². The van der Waals surface area contributed by atoms with Crippen molar-refractivity contribution in [2.75, 3.05) is 0 Å². The molecule has 0 radical (unpaired) electrons. The molecule has 0 spiro atoms. The summed E-state index contributed by atoms with van der Waals surface area (Å²) < 4.78 is 0. The van der Waals surface area contributed by atoms with Crippen molar-refractivity contribution in [2.24, 2.45) is 0 Å². The molecule has 0 fully saturated rings. The second kappa shape index (κ2) is 22.6. The molecule has 0 saturated heterocycles. The van der Waals surface area contributed by atoms with Crippen molar-refractivity contribution in [1.29, 1.82) is 0 Å². The first-order chi connectivity index (χ1) is 3.46. The summed E-state index contributed by atoms with van der Waals surface area (Å²) in [6.07, 6.45) is 0. The van der Waals surface area contributed by atoms with Crippen molar-refractivity contribution in [3.8, 4) is 0 Å². The normalized spacial score (nSPS) is 4.91. The van der Waals surface area contributed by atoms with Crippen LogP contribution in [0.3, 0.4) is 0 Å². The second-order valence-corrected chi connectivity index (χ2v) is 0.577. The van der Waals surface area contributed by atoms with Crippen molar-refractivity contribution < 1.29 is 82.1 Å². The van der Waals surface area contributed by atoms with Gasteiger partial charge in [0, 0.05) is 0 Å². The van der Waals surface area contributed by atoms with E-state index in [0.29, 0.717) is 0 Å². The zero-order valence-corrected chi connectivity index (χ0v) is 9.89. The molecular formula is AgB2NaO6Si. The first-order valence-corrected chi connectivity index (χ1v) is 1.41. The van der Waals surface area contributed by atoms with Gasteiger partial charge < -0.3 is 30.1 Å². The standard InChI is InChI=1S/Ag.2BO3.Na.Si/c;2*2-1(3)4;;/q+1;2*-3;+1;+4. The monoisotopic (exact) mass is 276 g/mol. The summed E-state index contributed by atoms with van der Waals surface area (Å²) in [7, 11) is -5.83. The molecule has 0 aromatic carbocycles. The predicted molar refractivity (Wildman–Crippen MR) is 17.3 cm³/mol. The summed E-state index contributed by atoms with van der Waals surface area (Å²) in [4.78, 5) is 0. The largest absolute Gasteiger partial charge is 4.00 e. The third-order valence-corrected chi connectivity index (χ3v) is 0. The van der Waals surface area contributed by atoms with Crippen molar-refractivity contribution in [3.05, 3.63) is 0 Å². The SMILES string of the molecule is [Ag+].[Na+].[O-]B([O-])[O-].[O-]B([O-])[O-].[Si+4]. The minimum atomic E-state index is -2.92. The van der Waals surface area contributed by atoms with Crippen LogP contribution in [0.25, 0.3) is 0 Å². The van der Waals surface area contributed by atoms with Crippen molar-refractivity contribution in [1.82, 2.24) is 0 Å². The van der Waals surface area contributed by atoms with Gasteiger partial charge in [0.15, 0.2) is 0 Å². The molecule has 11 heavy (non-hydrogen) atoms. The van der Waals surface area contributed by atoms with Gasteiger partial charge in [-0.15, -0.1) is 0 Å². The van der Waals surface area contributed by atoms with E-state index in [1.165, 1.54) is 0 Å². The zero-order valence-electron chi connectivity index (χ0n) is 5.41. The predicted octanol–water partition coefficient (Wildman–Crippen LogP) is -11.3. The molecule has 0 aromatic rings. The summed E-state index contributed by atoms with van der Waals surface area (Å²) in [5.41, 5.74) is 0. The van der Waals surface area contributed by atoms with Gasteiger partial charge in [-0.05, 0) is 0 Å². The van der Waals surface area contributed by atoms with Crippen LogP contribution in [-0.2, 0) is 22.4 Å². The van der Waals surface area contributed by atoms with Crippen LogP contribution in [0.1, 0.15) is 0 Å². The maximum absolute atomic E-state index is 8.42. The van der Waals surface area contributed by atoms with E-state index in [-0.39, 0.29) is 62.9 Å². The molecule has 0 bridgehead atoms. The third kappa shape index (κ3) is 337.